The number of carboxylic acids is 1. The minimum absolute atomic E-state index is 0. The summed E-state index contributed by atoms with van der Waals surface area (Å²) in [5.74, 6) is -2.28. The number of nitrogens with zero attached hydrogens (tertiary/aromatic N) is 3. The molecule has 32 heavy (non-hydrogen) atoms. The van der Waals surface area contributed by atoms with Gasteiger partial charge in [-0.25, -0.2) is 4.98 Å². The number of ether oxygens (including phenoxy) is 1. The van der Waals surface area contributed by atoms with Crippen LogP contribution >= 0.6 is 23.1 Å². The molecule has 0 saturated carbocycles. The Hall–Kier alpha value is -1.64. The molecule has 1 aromatic rings. The molecule has 0 radical (unpaired) electrons. The van der Waals surface area contributed by atoms with Crippen LogP contribution in [0.25, 0.3) is 0 Å². The van der Waals surface area contributed by atoms with E-state index in [9.17, 15) is 19.5 Å². The SMILES string of the molecule is CO/N=C(\C(=O)N[C@@H]1C(=O)N2C(C(=O)[O-])=C([C@@H]3CC[C@H](C)O3)CS[C@H]12)c1csc(N)n1.[Na+]. The molecule has 4 atom stereocenters. The van der Waals surface area contributed by atoms with Crippen LogP contribution in [-0.2, 0) is 24.0 Å². The number of carbonyl (C=O) groups excluding carboxylic acids is 3. The summed E-state index contributed by atoms with van der Waals surface area (Å²) >= 11 is 2.50. The van der Waals surface area contributed by atoms with E-state index < -0.39 is 29.2 Å². The van der Waals surface area contributed by atoms with E-state index in [0.717, 1.165) is 17.8 Å². The van der Waals surface area contributed by atoms with Gasteiger partial charge in [-0.15, -0.1) is 23.1 Å². The molecule has 166 valence electrons. The standard InChI is InChI=1S/C18H21N5O6S2.Na/c1-7-3-4-10(29-7)8-5-30-16-12(15(25)23(16)13(8)17(26)27)21-14(24)11(22-28-2)9-6-31-18(19)20-9;/h6-7,10,12,16H,3-5H2,1-2H3,(H2,19,20)(H,21,24)(H,26,27);/q;+1/p-1/b22-11-;/t7-,10-,12+,16+;/m0./s1. The molecule has 4 rings (SSSR count). The van der Waals surface area contributed by atoms with Crippen molar-refractivity contribution in [1.29, 1.82) is 0 Å². The predicted octanol–water partition coefficient (Wildman–Crippen LogP) is -3.95. The second kappa shape index (κ2) is 10.1. The van der Waals surface area contributed by atoms with Crippen molar-refractivity contribution in [3.05, 3.63) is 22.3 Å². The quantitative estimate of drug-likeness (QED) is 0.176. The fraction of sp³-hybridized carbons (Fsp3) is 0.500. The van der Waals surface area contributed by atoms with Crippen LogP contribution in [0.1, 0.15) is 25.5 Å². The van der Waals surface area contributed by atoms with Crippen LogP contribution in [0.3, 0.4) is 0 Å². The Balaban J connectivity index is 0.00000289. The number of aliphatic carboxylic acids is 1. The van der Waals surface area contributed by atoms with Gasteiger partial charge in [0.1, 0.15) is 24.2 Å². The third kappa shape index (κ3) is 4.54. The molecule has 0 spiro atoms. The van der Waals surface area contributed by atoms with E-state index in [-0.39, 0.29) is 64.0 Å². The Morgan fingerprint density at radius 1 is 1.44 bits per heavy atom. The summed E-state index contributed by atoms with van der Waals surface area (Å²) in [6.07, 6.45) is 1.18. The molecule has 0 aliphatic carbocycles. The van der Waals surface area contributed by atoms with Crippen molar-refractivity contribution in [2.75, 3.05) is 18.6 Å². The molecule has 2 fully saturated rings. The number of aromatic nitrogens is 1. The molecule has 11 nitrogen and oxygen atoms in total. The zero-order valence-electron chi connectivity index (χ0n) is 17.7. The van der Waals surface area contributed by atoms with Crippen LogP contribution in [-0.4, -0.2) is 69.9 Å². The third-order valence-electron chi connectivity index (χ3n) is 5.26. The molecule has 2 saturated heterocycles. The number of nitrogens with two attached hydrogens (primary N) is 1. The Morgan fingerprint density at radius 3 is 2.75 bits per heavy atom. The normalized spacial score (nSPS) is 27.4. The van der Waals surface area contributed by atoms with Crippen molar-refractivity contribution in [3.8, 4) is 0 Å². The molecule has 1 aromatic heterocycles. The van der Waals surface area contributed by atoms with Gasteiger partial charge in [0.2, 0.25) is 0 Å². The number of carbonyl (C=O) groups is 3. The van der Waals surface area contributed by atoms with Crippen LogP contribution in [0.4, 0.5) is 5.13 Å². The number of rotatable bonds is 6. The monoisotopic (exact) mass is 489 g/mol. The maximum atomic E-state index is 12.8. The Labute approximate surface area is 214 Å². The van der Waals surface area contributed by atoms with Crippen molar-refractivity contribution in [2.24, 2.45) is 5.16 Å². The third-order valence-corrected chi connectivity index (χ3v) is 7.24. The number of anilines is 1. The minimum Gasteiger partial charge on any atom is -0.543 e. The maximum absolute atomic E-state index is 12.8. The molecule has 0 aromatic carbocycles. The molecule has 4 heterocycles. The van der Waals surface area contributed by atoms with Crippen molar-refractivity contribution < 1.29 is 58.6 Å². The van der Waals surface area contributed by atoms with Gasteiger partial charge in [-0.1, -0.05) is 5.16 Å². The van der Waals surface area contributed by atoms with Crippen molar-refractivity contribution in [3.63, 3.8) is 0 Å². The molecule has 0 unspecified atom stereocenters. The van der Waals surface area contributed by atoms with E-state index in [1.165, 1.54) is 23.8 Å². The first kappa shape index (κ1) is 25.0. The van der Waals surface area contributed by atoms with Gasteiger partial charge >= 0.3 is 29.6 Å². The average molecular weight is 490 g/mol. The predicted molar refractivity (Wildman–Crippen MR) is 111 cm³/mol. The molecule has 3 aliphatic heterocycles. The first-order valence-electron chi connectivity index (χ1n) is 9.49. The maximum Gasteiger partial charge on any atom is 1.00 e. The number of oxime groups is 1. The van der Waals surface area contributed by atoms with Gasteiger partial charge in [-0.05, 0) is 25.3 Å². The van der Waals surface area contributed by atoms with Crippen molar-refractivity contribution >= 4 is 51.7 Å². The number of fused-ring (bicyclic) bond motifs is 1. The second-order valence-corrected chi connectivity index (χ2v) is 9.22. The summed E-state index contributed by atoms with van der Waals surface area (Å²) in [5.41, 5.74) is 6.09. The van der Waals surface area contributed by atoms with E-state index in [0.29, 0.717) is 17.7 Å². The number of carboxylic acid groups (broad SMARTS) is 1. The van der Waals surface area contributed by atoms with Gasteiger partial charge in [0.25, 0.3) is 11.8 Å². The number of β-lactam (4-membered cyclic amide) rings is 1. The average Bonchev–Trinajstić information content (AvgIpc) is 3.36. The van der Waals surface area contributed by atoms with Gasteiger partial charge in [0, 0.05) is 11.1 Å². The summed E-state index contributed by atoms with van der Waals surface area (Å²) in [5, 5.41) is 19.4. The Kier molecular flexibility index (Phi) is 7.89. The van der Waals surface area contributed by atoms with Crippen LogP contribution in [0.5, 0.6) is 0 Å². The van der Waals surface area contributed by atoms with Crippen molar-refractivity contribution in [2.45, 2.75) is 43.4 Å². The fourth-order valence-electron chi connectivity index (χ4n) is 3.84. The van der Waals surface area contributed by atoms with Gasteiger partial charge in [0.05, 0.1) is 23.9 Å². The molecular weight excluding hydrogens is 469 g/mol. The molecule has 3 aliphatic rings. The van der Waals surface area contributed by atoms with Gasteiger partial charge in [-0.2, -0.15) is 0 Å². The van der Waals surface area contributed by atoms with Gasteiger partial charge in [0.15, 0.2) is 10.8 Å². The van der Waals surface area contributed by atoms with Crippen LogP contribution in [0.15, 0.2) is 21.8 Å². The fourth-order valence-corrected chi connectivity index (χ4v) is 5.80. The first-order valence-corrected chi connectivity index (χ1v) is 11.4. The largest absolute Gasteiger partial charge is 1.00 e. The van der Waals surface area contributed by atoms with E-state index in [1.54, 1.807) is 5.38 Å². The number of amides is 2. The molecule has 2 amide bonds. The van der Waals surface area contributed by atoms with Gasteiger partial charge < -0.3 is 30.5 Å². The number of nitrogens with one attached hydrogen (secondary N) is 1. The van der Waals surface area contributed by atoms with Crippen LogP contribution in [0.2, 0.25) is 0 Å². The number of hydrogen-bond donors (Lipinski definition) is 2. The number of nitrogen functional groups attached to an aromatic ring is 1. The molecule has 14 heteroatoms. The number of hydrogen-bond acceptors (Lipinski definition) is 11. The summed E-state index contributed by atoms with van der Waals surface area (Å²) in [4.78, 5) is 47.4. The number of thiazole rings is 1. The van der Waals surface area contributed by atoms with E-state index >= 15 is 0 Å². The van der Waals surface area contributed by atoms with E-state index in [2.05, 4.69) is 15.5 Å². The van der Waals surface area contributed by atoms with Crippen LogP contribution < -0.4 is 45.7 Å². The summed E-state index contributed by atoms with van der Waals surface area (Å²) in [6.45, 7) is 1.92. The number of thioether (sulfide) groups is 1. The second-order valence-electron chi connectivity index (χ2n) is 7.23. The molecule has 0 bridgehead atoms. The molecule has 3 N–H and O–H groups in total. The summed E-state index contributed by atoms with van der Waals surface area (Å²) < 4.78 is 5.81. The van der Waals surface area contributed by atoms with Gasteiger partial charge in [-0.3, -0.25) is 14.5 Å². The smallest absolute Gasteiger partial charge is 0.543 e. The minimum atomic E-state index is -1.43. The zero-order valence-corrected chi connectivity index (χ0v) is 21.3. The summed E-state index contributed by atoms with van der Waals surface area (Å²) in [7, 11) is 1.28. The van der Waals surface area contributed by atoms with E-state index in [4.69, 9.17) is 15.3 Å². The topological polar surface area (TPSA) is 159 Å². The Morgan fingerprint density at radius 2 is 2.19 bits per heavy atom. The summed E-state index contributed by atoms with van der Waals surface area (Å²) in [6, 6.07) is -0.921. The van der Waals surface area contributed by atoms with Crippen molar-refractivity contribution in [1.82, 2.24) is 15.2 Å². The Bertz CT molecular complexity index is 998. The first-order chi connectivity index (χ1) is 14.8. The van der Waals surface area contributed by atoms with E-state index in [1.807, 2.05) is 6.92 Å². The zero-order chi connectivity index (χ0) is 22.3. The van der Waals surface area contributed by atoms with Crippen LogP contribution in [0, 0.1) is 0 Å². The molecular formula is C18H20N5NaO6S2.